The number of benzene rings is 3. The topological polar surface area (TPSA) is 34.1 Å². The molecule has 0 fully saturated rings. The van der Waals surface area contributed by atoms with Crippen molar-refractivity contribution in [2.75, 3.05) is 19.2 Å². The number of rotatable bonds is 5. The quantitative estimate of drug-likeness (QED) is 0.475. The third-order valence-corrected chi connectivity index (χ3v) is 5.74. The summed E-state index contributed by atoms with van der Waals surface area (Å²) in [6.07, 6.45) is 0.763. The summed E-state index contributed by atoms with van der Waals surface area (Å²) in [5.74, 6) is 1.64. The molecule has 0 unspecified atom stereocenters. The van der Waals surface area contributed by atoms with Crippen LogP contribution >= 0.6 is 23.2 Å². The number of hydrazone groups is 1. The first-order valence-corrected chi connectivity index (χ1v) is 9.95. The van der Waals surface area contributed by atoms with E-state index in [2.05, 4.69) is 12.1 Å². The van der Waals surface area contributed by atoms with Crippen molar-refractivity contribution in [3.05, 3.63) is 87.9 Å². The van der Waals surface area contributed by atoms with Gasteiger partial charge in [0.05, 0.1) is 41.7 Å². The minimum absolute atomic E-state index is 0.0373. The van der Waals surface area contributed by atoms with Gasteiger partial charge in [0.25, 0.3) is 0 Å². The van der Waals surface area contributed by atoms with Crippen LogP contribution in [-0.4, -0.2) is 19.9 Å². The van der Waals surface area contributed by atoms with Crippen LogP contribution in [0.25, 0.3) is 0 Å². The Morgan fingerprint density at radius 1 is 0.828 bits per heavy atom. The largest absolute Gasteiger partial charge is 0.497 e. The van der Waals surface area contributed by atoms with E-state index in [0.29, 0.717) is 10.0 Å². The average molecular weight is 427 g/mol. The summed E-state index contributed by atoms with van der Waals surface area (Å²) in [5, 5.41) is 7.96. The Balaban J connectivity index is 1.73. The van der Waals surface area contributed by atoms with Crippen LogP contribution in [0.3, 0.4) is 0 Å². The van der Waals surface area contributed by atoms with Crippen LogP contribution in [0.2, 0.25) is 10.0 Å². The van der Waals surface area contributed by atoms with E-state index in [0.717, 1.165) is 40.4 Å². The van der Waals surface area contributed by atoms with Gasteiger partial charge in [-0.2, -0.15) is 5.10 Å². The third kappa shape index (κ3) is 4.04. The van der Waals surface area contributed by atoms with Crippen LogP contribution in [0.4, 0.5) is 5.69 Å². The molecule has 0 saturated carbocycles. The molecule has 148 valence electrons. The van der Waals surface area contributed by atoms with E-state index in [9.17, 15) is 0 Å². The van der Waals surface area contributed by atoms with Crippen LogP contribution in [0, 0.1) is 0 Å². The molecule has 3 aromatic carbocycles. The molecule has 0 saturated heterocycles. The molecule has 0 N–H and O–H groups in total. The molecule has 3 aromatic rings. The predicted octanol–water partition coefficient (Wildman–Crippen LogP) is 6.37. The van der Waals surface area contributed by atoms with Gasteiger partial charge in [-0.3, -0.25) is 5.01 Å². The van der Waals surface area contributed by atoms with Crippen LogP contribution in [0.15, 0.2) is 71.8 Å². The van der Waals surface area contributed by atoms with Gasteiger partial charge in [-0.15, -0.1) is 0 Å². The molecule has 1 aliphatic heterocycles. The Morgan fingerprint density at radius 2 is 1.45 bits per heavy atom. The van der Waals surface area contributed by atoms with Crippen LogP contribution in [0.5, 0.6) is 11.5 Å². The Bertz CT molecular complexity index is 1030. The normalized spacial score (nSPS) is 15.9. The number of nitrogens with zero attached hydrogens (tertiary/aromatic N) is 2. The van der Waals surface area contributed by atoms with E-state index in [1.165, 1.54) is 0 Å². The third-order valence-electron chi connectivity index (χ3n) is 5.00. The average Bonchev–Trinajstić information content (AvgIpc) is 3.21. The maximum Gasteiger partial charge on any atom is 0.118 e. The number of methoxy groups -OCH3 is 2. The number of anilines is 1. The lowest BCUT2D eigenvalue weighted by Crippen LogP contribution is -2.18. The second-order valence-electron chi connectivity index (χ2n) is 6.71. The molecule has 0 amide bonds. The summed E-state index contributed by atoms with van der Waals surface area (Å²) in [6, 6.07) is 21.6. The molecule has 0 aliphatic carbocycles. The summed E-state index contributed by atoms with van der Waals surface area (Å²) < 4.78 is 10.6. The zero-order chi connectivity index (χ0) is 20.4. The van der Waals surface area contributed by atoms with Crippen molar-refractivity contribution in [1.82, 2.24) is 0 Å². The van der Waals surface area contributed by atoms with Gasteiger partial charge in [0.2, 0.25) is 0 Å². The molecule has 6 heteroatoms. The Kier molecular flexibility index (Phi) is 5.65. The molecule has 0 radical (unpaired) electrons. The molecule has 0 aromatic heterocycles. The summed E-state index contributed by atoms with van der Waals surface area (Å²) >= 11 is 12.4. The summed E-state index contributed by atoms with van der Waals surface area (Å²) in [4.78, 5) is 0. The second-order valence-corrected chi connectivity index (χ2v) is 7.53. The fourth-order valence-corrected chi connectivity index (χ4v) is 3.71. The van der Waals surface area contributed by atoms with Gasteiger partial charge in [0.15, 0.2) is 0 Å². The number of hydrogen-bond donors (Lipinski definition) is 0. The van der Waals surface area contributed by atoms with E-state index in [1.807, 2.05) is 53.5 Å². The smallest absolute Gasteiger partial charge is 0.118 e. The Hall–Kier alpha value is -2.69. The maximum absolute atomic E-state index is 6.27. The molecule has 29 heavy (non-hydrogen) atoms. The minimum Gasteiger partial charge on any atom is -0.497 e. The van der Waals surface area contributed by atoms with Crippen molar-refractivity contribution in [2.24, 2.45) is 5.10 Å². The molecular weight excluding hydrogens is 407 g/mol. The highest BCUT2D eigenvalue weighted by atomic mass is 35.5. The van der Waals surface area contributed by atoms with Gasteiger partial charge in [-0.25, -0.2) is 0 Å². The van der Waals surface area contributed by atoms with Gasteiger partial charge >= 0.3 is 0 Å². The summed E-state index contributed by atoms with van der Waals surface area (Å²) in [6.45, 7) is 0. The van der Waals surface area contributed by atoms with Gasteiger partial charge in [0.1, 0.15) is 11.5 Å². The lowest BCUT2D eigenvalue weighted by molar-refractivity contribution is 0.414. The molecule has 1 heterocycles. The molecule has 1 aliphatic rings. The molecule has 4 nitrogen and oxygen atoms in total. The standard InChI is InChI=1S/C23H20Cl2N2O2/c1-28-18-8-3-15(4-9-18)22-14-23(16-5-10-19(29-2)11-6-16)27(26-22)17-7-12-20(24)21(25)13-17/h3-13,23H,14H2,1-2H3/t23-/m1/s1. The highest BCUT2D eigenvalue weighted by Gasteiger charge is 2.30. The van der Waals surface area contributed by atoms with Crippen molar-refractivity contribution in [3.8, 4) is 11.5 Å². The van der Waals surface area contributed by atoms with Crippen molar-refractivity contribution in [2.45, 2.75) is 12.5 Å². The van der Waals surface area contributed by atoms with Crippen LogP contribution in [-0.2, 0) is 0 Å². The predicted molar refractivity (Wildman–Crippen MR) is 119 cm³/mol. The Labute approximate surface area is 180 Å². The van der Waals surface area contributed by atoms with Crippen molar-refractivity contribution in [1.29, 1.82) is 0 Å². The fourth-order valence-electron chi connectivity index (χ4n) is 3.42. The maximum atomic E-state index is 6.27. The molecule has 1 atom stereocenters. The highest BCUT2D eigenvalue weighted by Crippen LogP contribution is 2.39. The van der Waals surface area contributed by atoms with Gasteiger partial charge in [0, 0.05) is 6.42 Å². The van der Waals surface area contributed by atoms with E-state index in [-0.39, 0.29) is 6.04 Å². The second kappa shape index (κ2) is 8.36. The minimum atomic E-state index is 0.0373. The zero-order valence-electron chi connectivity index (χ0n) is 16.1. The number of hydrogen-bond acceptors (Lipinski definition) is 4. The first kappa shape index (κ1) is 19.6. The van der Waals surface area contributed by atoms with E-state index in [1.54, 1.807) is 20.3 Å². The van der Waals surface area contributed by atoms with Crippen molar-refractivity contribution < 1.29 is 9.47 Å². The van der Waals surface area contributed by atoms with E-state index < -0.39 is 0 Å². The lowest BCUT2D eigenvalue weighted by Gasteiger charge is -2.24. The van der Waals surface area contributed by atoms with Gasteiger partial charge in [-0.1, -0.05) is 35.3 Å². The summed E-state index contributed by atoms with van der Waals surface area (Å²) in [7, 11) is 3.32. The summed E-state index contributed by atoms with van der Waals surface area (Å²) in [5.41, 5.74) is 4.10. The number of ether oxygens (including phenoxy) is 2. The fraction of sp³-hybridized carbons (Fsp3) is 0.174. The van der Waals surface area contributed by atoms with Gasteiger partial charge < -0.3 is 9.47 Å². The van der Waals surface area contributed by atoms with Gasteiger partial charge in [-0.05, 0) is 65.7 Å². The van der Waals surface area contributed by atoms with Crippen LogP contribution < -0.4 is 14.5 Å². The number of halogens is 2. The monoisotopic (exact) mass is 426 g/mol. The zero-order valence-corrected chi connectivity index (χ0v) is 17.6. The SMILES string of the molecule is COc1ccc(C2=NN(c3ccc(Cl)c(Cl)c3)[C@@H](c3ccc(OC)cc3)C2)cc1. The van der Waals surface area contributed by atoms with Crippen molar-refractivity contribution in [3.63, 3.8) is 0 Å². The molecule has 4 rings (SSSR count). The van der Waals surface area contributed by atoms with E-state index in [4.69, 9.17) is 37.8 Å². The molecule has 0 bridgehead atoms. The first-order chi connectivity index (χ1) is 14.1. The van der Waals surface area contributed by atoms with E-state index >= 15 is 0 Å². The lowest BCUT2D eigenvalue weighted by atomic mass is 9.98. The Morgan fingerprint density at radius 3 is 2.03 bits per heavy atom. The highest BCUT2D eigenvalue weighted by molar-refractivity contribution is 6.42. The first-order valence-electron chi connectivity index (χ1n) is 9.19. The van der Waals surface area contributed by atoms with Crippen LogP contribution in [0.1, 0.15) is 23.6 Å². The van der Waals surface area contributed by atoms with Crippen molar-refractivity contribution >= 4 is 34.6 Å². The molecule has 0 spiro atoms. The molecular formula is C23H20Cl2N2O2.